The van der Waals surface area contributed by atoms with Crippen LogP contribution in [0.25, 0.3) is 0 Å². The molecule has 192 valence electrons. The van der Waals surface area contributed by atoms with Gasteiger partial charge in [-0.25, -0.2) is 8.42 Å². The van der Waals surface area contributed by atoms with E-state index in [1.165, 1.54) is 10.4 Å². The molecule has 0 saturated heterocycles. The van der Waals surface area contributed by atoms with Crippen LogP contribution < -0.4 is 15.5 Å². The number of benzene rings is 4. The second-order valence-corrected chi connectivity index (χ2v) is 10.6. The van der Waals surface area contributed by atoms with Crippen molar-refractivity contribution in [2.75, 3.05) is 22.1 Å². The molecule has 7 nitrogen and oxygen atoms in total. The van der Waals surface area contributed by atoms with Crippen LogP contribution in [-0.2, 0) is 14.8 Å². The van der Waals surface area contributed by atoms with Gasteiger partial charge in [0.05, 0.1) is 17.1 Å². The van der Waals surface area contributed by atoms with E-state index in [0.717, 1.165) is 17.1 Å². The van der Waals surface area contributed by atoms with Gasteiger partial charge in [0.1, 0.15) is 10.7 Å². The van der Waals surface area contributed by atoms with Crippen LogP contribution in [0, 0.1) is 0 Å². The summed E-state index contributed by atoms with van der Waals surface area (Å²) in [7, 11) is -3.79. The molecule has 0 fully saturated rings. The Morgan fingerprint density at radius 2 is 1.42 bits per heavy atom. The van der Waals surface area contributed by atoms with Gasteiger partial charge < -0.3 is 15.5 Å². The maximum absolute atomic E-state index is 13.3. The molecular formula is C30H28N4O3S. The van der Waals surface area contributed by atoms with Gasteiger partial charge in [-0.05, 0) is 55.0 Å². The predicted molar refractivity (Wildman–Crippen MR) is 152 cm³/mol. The minimum Gasteiger partial charge on any atom is -0.340 e. The number of hydrogen-bond acceptors (Lipinski definition) is 5. The molecule has 4 aromatic carbocycles. The third-order valence-corrected chi connectivity index (χ3v) is 7.98. The lowest BCUT2D eigenvalue weighted by Gasteiger charge is -2.33. The lowest BCUT2D eigenvalue weighted by molar-refractivity contribution is -0.112. The summed E-state index contributed by atoms with van der Waals surface area (Å²) in [5.41, 5.74) is 3.67. The average molecular weight is 525 g/mol. The summed E-state index contributed by atoms with van der Waals surface area (Å²) in [6.07, 6.45) is 1.89. The molecule has 1 aliphatic rings. The van der Waals surface area contributed by atoms with Crippen molar-refractivity contribution in [2.45, 2.75) is 18.2 Å². The number of nitrogens with one attached hydrogen (secondary N) is 2. The van der Waals surface area contributed by atoms with Crippen molar-refractivity contribution in [3.8, 4) is 0 Å². The highest BCUT2D eigenvalue weighted by Gasteiger charge is 2.33. The fraction of sp³-hybridized carbons (Fsp3) is 0.100. The van der Waals surface area contributed by atoms with Crippen molar-refractivity contribution >= 4 is 44.4 Å². The number of carbonyl (C=O) groups excluding carboxylic acids is 1. The molecule has 0 atom stereocenters. The number of nitrogens with zero attached hydrogens (tertiary/aromatic N) is 2. The molecule has 0 radical (unpaired) electrons. The van der Waals surface area contributed by atoms with Crippen LogP contribution in [0.5, 0.6) is 0 Å². The zero-order chi connectivity index (χ0) is 26.5. The molecule has 0 bridgehead atoms. The third kappa shape index (κ3) is 4.99. The zero-order valence-electron chi connectivity index (χ0n) is 20.9. The standard InChI is InChI=1S/C30H28N4O3S/c1-2-21-33-29(31-26-18-10-12-20-28(26)38(33,36)37)22-30(35)32-25-17-9-11-19-27(25)34(23-13-5-3-6-14-23)24-15-7-4-8-16-24/h3-20,22,31H,2,21H2,1H3,(H,32,35)/b29-22-. The van der Waals surface area contributed by atoms with Gasteiger partial charge in [-0.2, -0.15) is 0 Å². The van der Waals surface area contributed by atoms with Crippen LogP contribution in [0.2, 0.25) is 0 Å². The highest BCUT2D eigenvalue weighted by molar-refractivity contribution is 7.89. The van der Waals surface area contributed by atoms with Gasteiger partial charge in [-0.3, -0.25) is 9.10 Å². The predicted octanol–water partition coefficient (Wildman–Crippen LogP) is 6.46. The number of rotatable bonds is 7. The molecule has 1 aliphatic heterocycles. The first kappa shape index (κ1) is 25.1. The molecule has 4 aromatic rings. The fourth-order valence-electron chi connectivity index (χ4n) is 4.44. The lowest BCUT2D eigenvalue weighted by Crippen LogP contribution is -2.39. The minimum absolute atomic E-state index is 0.192. The molecule has 1 heterocycles. The Labute approximate surface area is 223 Å². The van der Waals surface area contributed by atoms with E-state index in [4.69, 9.17) is 0 Å². The maximum atomic E-state index is 13.3. The molecule has 0 aromatic heterocycles. The van der Waals surface area contributed by atoms with Crippen LogP contribution in [0.3, 0.4) is 0 Å². The summed E-state index contributed by atoms with van der Waals surface area (Å²) in [6, 6.07) is 34.0. The Kier molecular flexibility index (Phi) is 7.15. The smallest absolute Gasteiger partial charge is 0.267 e. The van der Waals surface area contributed by atoms with Gasteiger partial charge in [0, 0.05) is 24.0 Å². The van der Waals surface area contributed by atoms with Crippen LogP contribution in [-0.4, -0.2) is 25.2 Å². The molecule has 1 amide bonds. The summed E-state index contributed by atoms with van der Waals surface area (Å²) in [6.45, 7) is 2.14. The number of sulfonamides is 1. The molecule has 2 N–H and O–H groups in total. The SMILES string of the molecule is CCCN1/C(=C\C(=O)Nc2ccccc2N(c2ccccc2)c2ccccc2)Nc2ccccc2S1(=O)=O. The Morgan fingerprint density at radius 1 is 0.842 bits per heavy atom. The monoisotopic (exact) mass is 524 g/mol. The highest BCUT2D eigenvalue weighted by atomic mass is 32.2. The number of carbonyl (C=O) groups is 1. The maximum Gasteiger partial charge on any atom is 0.267 e. The van der Waals surface area contributed by atoms with E-state index in [-0.39, 0.29) is 17.3 Å². The second kappa shape index (κ2) is 10.8. The molecule has 38 heavy (non-hydrogen) atoms. The third-order valence-electron chi connectivity index (χ3n) is 6.11. The van der Waals surface area contributed by atoms with Crippen molar-refractivity contribution in [3.05, 3.63) is 121 Å². The first-order chi connectivity index (χ1) is 18.5. The van der Waals surface area contributed by atoms with E-state index >= 15 is 0 Å². The normalized spacial score (nSPS) is 14.9. The van der Waals surface area contributed by atoms with E-state index in [0.29, 0.717) is 17.8 Å². The van der Waals surface area contributed by atoms with Crippen LogP contribution in [0.4, 0.5) is 28.4 Å². The van der Waals surface area contributed by atoms with Gasteiger partial charge in [0.15, 0.2) is 0 Å². The van der Waals surface area contributed by atoms with E-state index in [1.54, 1.807) is 24.3 Å². The molecule has 0 aliphatic carbocycles. The first-order valence-electron chi connectivity index (χ1n) is 12.4. The van der Waals surface area contributed by atoms with Gasteiger partial charge in [0.25, 0.3) is 15.9 Å². The van der Waals surface area contributed by atoms with E-state index < -0.39 is 15.9 Å². The van der Waals surface area contributed by atoms with Crippen LogP contribution in [0.1, 0.15) is 13.3 Å². The lowest BCUT2D eigenvalue weighted by atomic mass is 10.1. The second-order valence-electron chi connectivity index (χ2n) is 8.74. The summed E-state index contributed by atoms with van der Waals surface area (Å²) < 4.78 is 27.9. The van der Waals surface area contributed by atoms with Gasteiger partial charge in [0.2, 0.25) is 0 Å². The summed E-state index contributed by atoms with van der Waals surface area (Å²) in [5.74, 6) is -0.236. The molecule has 5 rings (SSSR count). The highest BCUT2D eigenvalue weighted by Crippen LogP contribution is 2.39. The zero-order valence-corrected chi connectivity index (χ0v) is 21.7. The van der Waals surface area contributed by atoms with Crippen molar-refractivity contribution < 1.29 is 13.2 Å². The minimum atomic E-state index is -3.79. The molecule has 0 unspecified atom stereocenters. The summed E-state index contributed by atoms with van der Waals surface area (Å²) in [4.78, 5) is 15.6. The Bertz CT molecular complexity index is 1530. The Balaban J connectivity index is 1.51. The quantitative estimate of drug-likeness (QED) is 0.271. The van der Waals surface area contributed by atoms with Crippen molar-refractivity contribution in [2.24, 2.45) is 0 Å². The van der Waals surface area contributed by atoms with Crippen molar-refractivity contribution in [1.82, 2.24) is 4.31 Å². The number of para-hydroxylation sites is 5. The topological polar surface area (TPSA) is 81.8 Å². The Morgan fingerprint density at radius 3 is 2.08 bits per heavy atom. The van der Waals surface area contributed by atoms with Gasteiger partial charge >= 0.3 is 0 Å². The molecular weight excluding hydrogens is 496 g/mol. The van der Waals surface area contributed by atoms with Gasteiger partial charge in [-0.1, -0.05) is 67.6 Å². The summed E-state index contributed by atoms with van der Waals surface area (Å²) >= 11 is 0. The molecule has 0 saturated carbocycles. The fourth-order valence-corrected chi connectivity index (χ4v) is 6.11. The van der Waals surface area contributed by atoms with E-state index in [9.17, 15) is 13.2 Å². The van der Waals surface area contributed by atoms with Crippen LogP contribution in [0.15, 0.2) is 126 Å². The molecule has 0 spiro atoms. The Hall–Kier alpha value is -4.56. The molecule has 8 heteroatoms. The van der Waals surface area contributed by atoms with Crippen molar-refractivity contribution in [1.29, 1.82) is 0 Å². The largest absolute Gasteiger partial charge is 0.340 e. The van der Waals surface area contributed by atoms with E-state index in [2.05, 4.69) is 15.5 Å². The van der Waals surface area contributed by atoms with Crippen molar-refractivity contribution in [3.63, 3.8) is 0 Å². The first-order valence-corrected chi connectivity index (χ1v) is 13.8. The van der Waals surface area contributed by atoms with Gasteiger partial charge in [-0.15, -0.1) is 0 Å². The number of hydrogen-bond donors (Lipinski definition) is 2. The number of fused-ring (bicyclic) bond motifs is 1. The van der Waals surface area contributed by atoms with Crippen LogP contribution >= 0.6 is 0 Å². The van der Waals surface area contributed by atoms with E-state index in [1.807, 2.05) is 91.9 Å². The summed E-state index contributed by atoms with van der Waals surface area (Å²) in [5, 5.41) is 6.10. The number of amides is 1. The number of anilines is 5. The average Bonchev–Trinajstić information content (AvgIpc) is 2.93.